The van der Waals surface area contributed by atoms with Crippen molar-refractivity contribution in [3.05, 3.63) is 34.0 Å². The zero-order valence-corrected chi connectivity index (χ0v) is 10.6. The highest BCUT2D eigenvalue weighted by molar-refractivity contribution is 5.35. The summed E-state index contributed by atoms with van der Waals surface area (Å²) in [6, 6.07) is 1.83. The Morgan fingerprint density at radius 2 is 2.26 bits per heavy atom. The van der Waals surface area contributed by atoms with Crippen molar-refractivity contribution in [2.75, 3.05) is 11.9 Å². The molecule has 2 heterocycles. The Morgan fingerprint density at radius 1 is 1.47 bits per heavy atom. The van der Waals surface area contributed by atoms with Gasteiger partial charge in [-0.15, -0.1) is 0 Å². The van der Waals surface area contributed by atoms with Crippen LogP contribution in [0.25, 0.3) is 0 Å². The molecule has 2 aromatic heterocycles. The molecule has 9 heteroatoms. The minimum absolute atomic E-state index is 0.237. The summed E-state index contributed by atoms with van der Waals surface area (Å²) in [5.74, 6) is 0.815. The van der Waals surface area contributed by atoms with E-state index in [4.69, 9.17) is 0 Å². The predicted molar refractivity (Wildman–Crippen MR) is 66.7 cm³/mol. The molecule has 0 spiro atoms. The molecule has 0 saturated heterocycles. The van der Waals surface area contributed by atoms with E-state index in [2.05, 4.69) is 25.4 Å². The molecule has 2 rings (SSSR count). The highest BCUT2D eigenvalue weighted by Crippen LogP contribution is 2.07. The van der Waals surface area contributed by atoms with E-state index in [1.807, 2.05) is 19.9 Å². The molecule has 0 radical (unpaired) electrons. The van der Waals surface area contributed by atoms with Crippen LogP contribution < -0.4 is 5.32 Å². The van der Waals surface area contributed by atoms with E-state index in [9.17, 15) is 10.1 Å². The number of nitrogens with one attached hydrogen (secondary N) is 1. The summed E-state index contributed by atoms with van der Waals surface area (Å²) in [4.78, 5) is 22.0. The van der Waals surface area contributed by atoms with Crippen molar-refractivity contribution in [2.45, 2.75) is 20.4 Å². The lowest BCUT2D eigenvalue weighted by atomic mass is 10.4. The van der Waals surface area contributed by atoms with Gasteiger partial charge in [-0.25, -0.2) is 9.97 Å². The quantitative estimate of drug-likeness (QED) is 0.626. The molecule has 0 bridgehead atoms. The van der Waals surface area contributed by atoms with Gasteiger partial charge >= 0.3 is 5.95 Å². The number of hydrogen-bond acceptors (Lipinski definition) is 7. The number of nitrogens with zero attached hydrogens (tertiary/aromatic N) is 6. The molecule has 0 aliphatic heterocycles. The van der Waals surface area contributed by atoms with E-state index in [0.717, 1.165) is 18.1 Å². The van der Waals surface area contributed by atoms with Gasteiger partial charge in [0.25, 0.3) is 0 Å². The second-order valence-corrected chi connectivity index (χ2v) is 3.84. The van der Waals surface area contributed by atoms with Gasteiger partial charge in [0, 0.05) is 23.4 Å². The molecular weight excluding hydrogens is 250 g/mol. The average Bonchev–Trinajstić information content (AvgIpc) is 2.77. The van der Waals surface area contributed by atoms with E-state index in [0.29, 0.717) is 5.82 Å². The number of rotatable bonds is 5. The summed E-state index contributed by atoms with van der Waals surface area (Å²) >= 11 is 0. The lowest BCUT2D eigenvalue weighted by Crippen LogP contribution is -2.09. The molecular formula is C10H13N7O2. The van der Waals surface area contributed by atoms with Gasteiger partial charge < -0.3 is 15.4 Å². The zero-order valence-electron chi connectivity index (χ0n) is 10.6. The van der Waals surface area contributed by atoms with Gasteiger partial charge in [-0.1, -0.05) is 4.98 Å². The molecule has 19 heavy (non-hydrogen) atoms. The summed E-state index contributed by atoms with van der Waals surface area (Å²) in [5, 5.41) is 17.3. The van der Waals surface area contributed by atoms with Crippen molar-refractivity contribution >= 4 is 11.8 Å². The van der Waals surface area contributed by atoms with Crippen LogP contribution in [0, 0.1) is 17.0 Å². The largest absolute Gasteiger partial charge is 0.490 e. The van der Waals surface area contributed by atoms with Crippen LogP contribution in [-0.2, 0) is 6.54 Å². The molecule has 0 unspecified atom stereocenters. The summed E-state index contributed by atoms with van der Waals surface area (Å²) < 4.78 is 1.34. The van der Waals surface area contributed by atoms with Crippen LogP contribution in [0.15, 0.2) is 12.4 Å². The van der Waals surface area contributed by atoms with Gasteiger partial charge in [0.15, 0.2) is 5.82 Å². The molecule has 1 N–H and O–H groups in total. The van der Waals surface area contributed by atoms with Crippen molar-refractivity contribution in [3.63, 3.8) is 0 Å². The third kappa shape index (κ3) is 3.21. The monoisotopic (exact) mass is 263 g/mol. The van der Waals surface area contributed by atoms with Gasteiger partial charge in [0.2, 0.25) is 6.33 Å². The third-order valence-corrected chi connectivity index (χ3v) is 2.25. The SMILES string of the molecule is CCNc1cc(C)nc(Cn2cnc([N+](=O)[O-])n2)n1. The van der Waals surface area contributed by atoms with Crippen LogP contribution in [0.2, 0.25) is 0 Å². The Labute approximate surface area is 108 Å². The van der Waals surface area contributed by atoms with Gasteiger partial charge in [-0.05, 0) is 18.8 Å². The maximum Gasteiger partial charge on any atom is 0.490 e. The van der Waals surface area contributed by atoms with Crippen LogP contribution in [0.1, 0.15) is 18.4 Å². The second kappa shape index (κ2) is 5.38. The van der Waals surface area contributed by atoms with Crippen LogP contribution >= 0.6 is 0 Å². The summed E-state index contributed by atoms with van der Waals surface area (Å²) in [6.45, 7) is 4.82. The van der Waals surface area contributed by atoms with E-state index in [-0.39, 0.29) is 6.54 Å². The van der Waals surface area contributed by atoms with Crippen molar-refractivity contribution in [3.8, 4) is 0 Å². The number of nitro groups is 1. The lowest BCUT2D eigenvalue weighted by Gasteiger charge is -2.05. The topological polar surface area (TPSA) is 112 Å². The zero-order chi connectivity index (χ0) is 13.8. The molecule has 0 aliphatic carbocycles. The smallest absolute Gasteiger partial charge is 0.390 e. The molecule has 0 amide bonds. The van der Waals surface area contributed by atoms with E-state index in [1.54, 1.807) is 0 Å². The van der Waals surface area contributed by atoms with Crippen molar-refractivity contribution in [1.82, 2.24) is 24.7 Å². The Balaban J connectivity index is 2.19. The Morgan fingerprint density at radius 3 is 2.89 bits per heavy atom. The molecule has 0 aliphatic rings. The molecule has 0 aromatic carbocycles. The summed E-state index contributed by atoms with van der Waals surface area (Å²) in [6.07, 6.45) is 1.29. The van der Waals surface area contributed by atoms with Gasteiger partial charge in [-0.2, -0.15) is 4.68 Å². The number of aryl methyl sites for hydroxylation is 1. The van der Waals surface area contributed by atoms with E-state index < -0.39 is 10.9 Å². The molecule has 0 saturated carbocycles. The number of aromatic nitrogens is 5. The third-order valence-electron chi connectivity index (χ3n) is 2.25. The normalized spacial score (nSPS) is 10.4. The predicted octanol–water partition coefficient (Wildman–Crippen LogP) is 0.765. The molecule has 9 nitrogen and oxygen atoms in total. The average molecular weight is 263 g/mol. The highest BCUT2D eigenvalue weighted by Gasteiger charge is 2.14. The van der Waals surface area contributed by atoms with E-state index in [1.165, 1.54) is 11.0 Å². The Bertz CT molecular complexity index is 595. The van der Waals surface area contributed by atoms with Crippen molar-refractivity contribution < 1.29 is 4.92 Å². The highest BCUT2D eigenvalue weighted by atomic mass is 16.6. The first-order valence-corrected chi connectivity index (χ1v) is 5.70. The van der Waals surface area contributed by atoms with Gasteiger partial charge in [-0.3, -0.25) is 0 Å². The molecule has 100 valence electrons. The van der Waals surface area contributed by atoms with Crippen molar-refractivity contribution in [1.29, 1.82) is 0 Å². The fourth-order valence-electron chi connectivity index (χ4n) is 1.56. The van der Waals surface area contributed by atoms with Gasteiger partial charge in [0.05, 0.1) is 0 Å². The summed E-state index contributed by atoms with van der Waals surface area (Å²) in [5.41, 5.74) is 0.815. The maximum absolute atomic E-state index is 10.5. The molecule has 0 atom stereocenters. The number of hydrogen-bond donors (Lipinski definition) is 1. The maximum atomic E-state index is 10.5. The first-order valence-electron chi connectivity index (χ1n) is 5.70. The number of anilines is 1. The molecule has 0 fully saturated rings. The van der Waals surface area contributed by atoms with Crippen LogP contribution in [0.3, 0.4) is 0 Å². The van der Waals surface area contributed by atoms with Crippen LogP contribution in [0.4, 0.5) is 11.8 Å². The van der Waals surface area contributed by atoms with Crippen molar-refractivity contribution in [2.24, 2.45) is 0 Å². The van der Waals surface area contributed by atoms with Gasteiger partial charge in [0.1, 0.15) is 12.4 Å². The first-order chi connectivity index (χ1) is 9.08. The fraction of sp³-hybridized carbons (Fsp3) is 0.400. The standard InChI is InChI=1S/C10H13N7O2/c1-3-11-8-4-7(2)13-9(14-8)5-16-6-12-10(15-16)17(18)19/h4,6H,3,5H2,1-2H3,(H,11,13,14). The first kappa shape index (κ1) is 12.9. The van der Waals surface area contributed by atoms with E-state index >= 15 is 0 Å². The fourth-order valence-corrected chi connectivity index (χ4v) is 1.56. The Hall–Kier alpha value is -2.58. The second-order valence-electron chi connectivity index (χ2n) is 3.84. The Kier molecular flexibility index (Phi) is 3.64. The minimum atomic E-state index is -0.641. The summed E-state index contributed by atoms with van der Waals surface area (Å²) in [7, 11) is 0. The lowest BCUT2D eigenvalue weighted by molar-refractivity contribution is -0.394. The van der Waals surface area contributed by atoms with Crippen LogP contribution in [-0.4, -0.2) is 36.2 Å². The minimum Gasteiger partial charge on any atom is -0.390 e. The molecule has 2 aromatic rings. The van der Waals surface area contributed by atoms with Crippen LogP contribution in [0.5, 0.6) is 0 Å².